The number of rotatable bonds is 36. The van der Waals surface area contributed by atoms with Crippen LogP contribution in [-0.4, -0.2) is 62.3 Å². The van der Waals surface area contributed by atoms with Gasteiger partial charge in [-0.05, 0) is 107 Å². The highest BCUT2D eigenvalue weighted by molar-refractivity contribution is 5.70. The minimum Gasteiger partial charge on any atom is -0.466 e. The van der Waals surface area contributed by atoms with Crippen LogP contribution in [-0.2, 0) is 28.6 Å². The van der Waals surface area contributed by atoms with Gasteiger partial charge in [-0.15, -0.1) is 0 Å². The molecule has 0 aromatic rings. The molecule has 7 nitrogen and oxygen atoms in total. The van der Waals surface area contributed by atoms with Crippen molar-refractivity contribution in [2.45, 2.75) is 194 Å². The lowest BCUT2D eigenvalue weighted by Gasteiger charge is -2.18. The van der Waals surface area contributed by atoms with Crippen molar-refractivity contribution in [3.05, 3.63) is 29.8 Å². The maximum atomic E-state index is 12.8. The van der Waals surface area contributed by atoms with Crippen LogP contribution in [0.15, 0.2) is 29.8 Å². The Morgan fingerprint density at radius 2 is 1.15 bits per heavy atom. The van der Waals surface area contributed by atoms with Gasteiger partial charge in [0.25, 0.3) is 0 Å². The molecule has 3 atom stereocenters. The number of esters is 3. The molecule has 54 heavy (non-hydrogen) atoms. The third-order valence-corrected chi connectivity index (χ3v) is 10.9. The van der Waals surface area contributed by atoms with E-state index in [2.05, 4.69) is 49.4 Å². The summed E-state index contributed by atoms with van der Waals surface area (Å²) in [5.74, 6) is 1.09. The Morgan fingerprint density at radius 1 is 0.630 bits per heavy atom. The van der Waals surface area contributed by atoms with E-state index in [4.69, 9.17) is 14.2 Å². The highest BCUT2D eigenvalue weighted by Gasteiger charge is 2.17. The van der Waals surface area contributed by atoms with Crippen molar-refractivity contribution < 1.29 is 28.6 Å². The number of ether oxygens (including phenoxy) is 3. The predicted molar refractivity (Wildman–Crippen MR) is 222 cm³/mol. The van der Waals surface area contributed by atoms with E-state index in [1.54, 1.807) is 0 Å². The molecule has 1 heterocycles. The highest BCUT2D eigenvalue weighted by atomic mass is 16.5. The van der Waals surface area contributed by atoms with Gasteiger partial charge < -0.3 is 14.2 Å². The predicted octanol–water partition coefficient (Wildman–Crippen LogP) is 12.0. The fourth-order valence-corrected chi connectivity index (χ4v) is 7.31. The van der Waals surface area contributed by atoms with Crippen molar-refractivity contribution >= 4 is 17.9 Å². The van der Waals surface area contributed by atoms with Crippen LogP contribution in [0.4, 0.5) is 0 Å². The van der Waals surface area contributed by atoms with Crippen LogP contribution in [0.5, 0.6) is 0 Å². The van der Waals surface area contributed by atoms with E-state index in [-0.39, 0.29) is 17.9 Å². The molecule has 7 heteroatoms. The maximum absolute atomic E-state index is 12.8. The lowest BCUT2D eigenvalue weighted by Crippen LogP contribution is -2.25. The number of allylic oxidation sites excluding steroid dienone is 1. The van der Waals surface area contributed by atoms with Crippen LogP contribution in [0.1, 0.15) is 194 Å². The summed E-state index contributed by atoms with van der Waals surface area (Å²) in [7, 11) is 0. The zero-order chi connectivity index (χ0) is 39.3. The van der Waals surface area contributed by atoms with Crippen molar-refractivity contribution in [1.82, 2.24) is 4.90 Å². The van der Waals surface area contributed by atoms with Crippen LogP contribution < -0.4 is 0 Å². The molecule has 3 unspecified atom stereocenters. The van der Waals surface area contributed by atoms with Gasteiger partial charge in [-0.1, -0.05) is 129 Å². The van der Waals surface area contributed by atoms with Crippen molar-refractivity contribution in [1.29, 1.82) is 0 Å². The largest absolute Gasteiger partial charge is 0.466 e. The molecule has 0 N–H and O–H groups in total. The van der Waals surface area contributed by atoms with Gasteiger partial charge in [0, 0.05) is 25.8 Å². The van der Waals surface area contributed by atoms with E-state index in [0.29, 0.717) is 56.8 Å². The lowest BCUT2D eigenvalue weighted by atomic mass is 9.91. The van der Waals surface area contributed by atoms with Crippen LogP contribution in [0.25, 0.3) is 0 Å². The lowest BCUT2D eigenvalue weighted by molar-refractivity contribution is -0.145. The Bertz CT molecular complexity index is 1060. The summed E-state index contributed by atoms with van der Waals surface area (Å²) in [6.45, 7) is 14.8. The normalized spacial score (nSPS) is 14.4. The Balaban J connectivity index is 2.28. The van der Waals surface area contributed by atoms with Crippen LogP contribution in [0.2, 0.25) is 0 Å². The molecule has 1 aliphatic rings. The first-order valence-electron chi connectivity index (χ1n) is 22.4. The molecular formula is C47H81NO6. The van der Waals surface area contributed by atoms with E-state index >= 15 is 0 Å². The first-order chi connectivity index (χ1) is 26.4. The number of hydrogen-bond acceptors (Lipinski definition) is 7. The number of carbonyl (C=O) groups is 3. The third-order valence-electron chi connectivity index (χ3n) is 10.9. The zero-order valence-electron chi connectivity index (χ0n) is 35.2. The SMILES string of the molecule is C=C=C=C=CC(CCCCC)CCOC(=O)CCCCCCCC(CCCCCCCC(=O)OCCC(C)CCCCC)CC(=O)OCCN1CCCC1. The molecule has 0 aromatic heterocycles. The monoisotopic (exact) mass is 756 g/mol. The number of nitrogens with zero attached hydrogens (tertiary/aromatic N) is 1. The first kappa shape index (κ1) is 49.5. The quantitative estimate of drug-likeness (QED) is 0.0272. The number of likely N-dealkylation sites (tertiary alicyclic amines) is 1. The molecule has 0 saturated carbocycles. The second-order valence-electron chi connectivity index (χ2n) is 15.9. The second kappa shape index (κ2) is 36.1. The summed E-state index contributed by atoms with van der Waals surface area (Å²) in [5.41, 5.74) is 8.37. The van der Waals surface area contributed by atoms with Crippen LogP contribution in [0.3, 0.4) is 0 Å². The maximum Gasteiger partial charge on any atom is 0.306 e. The standard InChI is InChI=1S/C47H81NO6/c1-5-8-17-26-42(4)33-38-52-45(49)31-22-15-11-13-20-29-44(41-47(51)54-40-37-48-35-24-25-36-48)30-21-14-12-16-23-32-46(50)53-39-34-43(27-18-9-6-2)28-19-10-7-3/h27,42-44H,2,5,7-8,10-17,19-26,28-41H2,1,3-4H3. The fraction of sp³-hybridized carbons (Fsp3) is 0.830. The fourth-order valence-electron chi connectivity index (χ4n) is 7.31. The van der Waals surface area contributed by atoms with E-state index in [0.717, 1.165) is 122 Å². The number of carbonyl (C=O) groups excluding carboxylic acids is 3. The van der Waals surface area contributed by atoms with E-state index in [1.807, 2.05) is 6.08 Å². The molecule has 1 aliphatic heterocycles. The van der Waals surface area contributed by atoms with Gasteiger partial charge in [-0.2, -0.15) is 0 Å². The molecule has 310 valence electrons. The molecule has 0 bridgehead atoms. The van der Waals surface area contributed by atoms with Gasteiger partial charge in [0.2, 0.25) is 0 Å². The third kappa shape index (κ3) is 30.7. The van der Waals surface area contributed by atoms with Crippen molar-refractivity contribution in [2.24, 2.45) is 17.8 Å². The molecular weight excluding hydrogens is 675 g/mol. The van der Waals surface area contributed by atoms with Gasteiger partial charge in [0.1, 0.15) is 6.61 Å². The molecule has 0 aromatic carbocycles. The number of unbranched alkanes of at least 4 members (excludes halogenated alkanes) is 12. The van der Waals surface area contributed by atoms with Crippen LogP contribution >= 0.6 is 0 Å². The first-order valence-corrected chi connectivity index (χ1v) is 22.4. The molecule has 0 amide bonds. The summed E-state index contributed by atoms with van der Waals surface area (Å²) in [4.78, 5) is 39.6. The van der Waals surface area contributed by atoms with E-state index in [1.165, 1.54) is 51.4 Å². The minimum absolute atomic E-state index is 0.0553. The smallest absolute Gasteiger partial charge is 0.306 e. The average molecular weight is 756 g/mol. The molecule has 1 rings (SSSR count). The topological polar surface area (TPSA) is 82.1 Å². The molecule has 1 saturated heterocycles. The molecule has 1 fully saturated rings. The second-order valence-corrected chi connectivity index (χ2v) is 15.9. The van der Waals surface area contributed by atoms with Crippen molar-refractivity contribution in [3.8, 4) is 0 Å². The average Bonchev–Trinajstić information content (AvgIpc) is 3.67. The van der Waals surface area contributed by atoms with Crippen LogP contribution in [0, 0.1) is 17.8 Å². The summed E-state index contributed by atoms with van der Waals surface area (Å²) in [5, 5.41) is 0. The van der Waals surface area contributed by atoms with Gasteiger partial charge >= 0.3 is 17.9 Å². The number of hydrogen-bond donors (Lipinski definition) is 0. The summed E-state index contributed by atoms with van der Waals surface area (Å²) < 4.78 is 16.7. The minimum atomic E-state index is -0.103. The van der Waals surface area contributed by atoms with E-state index < -0.39 is 0 Å². The Hall–Kier alpha value is -2.55. The molecule has 0 aliphatic carbocycles. The van der Waals surface area contributed by atoms with Crippen molar-refractivity contribution in [2.75, 3.05) is 39.5 Å². The van der Waals surface area contributed by atoms with E-state index in [9.17, 15) is 14.4 Å². The zero-order valence-corrected chi connectivity index (χ0v) is 35.2. The Labute approximate surface area is 331 Å². The van der Waals surface area contributed by atoms with Gasteiger partial charge in [-0.3, -0.25) is 19.3 Å². The Morgan fingerprint density at radius 3 is 1.74 bits per heavy atom. The van der Waals surface area contributed by atoms with Crippen molar-refractivity contribution in [3.63, 3.8) is 0 Å². The Kier molecular flexibility index (Phi) is 33.1. The summed E-state index contributed by atoms with van der Waals surface area (Å²) >= 11 is 0. The van der Waals surface area contributed by atoms with Gasteiger partial charge in [-0.25, -0.2) is 0 Å². The summed E-state index contributed by atoms with van der Waals surface area (Å²) in [6, 6.07) is 0. The molecule has 0 spiro atoms. The van der Waals surface area contributed by atoms with Gasteiger partial charge in [0.15, 0.2) is 0 Å². The highest BCUT2D eigenvalue weighted by Crippen LogP contribution is 2.23. The molecule has 0 radical (unpaired) electrons. The summed E-state index contributed by atoms with van der Waals surface area (Å²) in [6.07, 6.45) is 29.9. The van der Waals surface area contributed by atoms with Gasteiger partial charge in [0.05, 0.1) is 13.2 Å².